The van der Waals surface area contributed by atoms with E-state index in [1.165, 1.54) is 10.4 Å². The molecule has 1 amide bonds. The van der Waals surface area contributed by atoms with Crippen LogP contribution in [0.3, 0.4) is 0 Å². The lowest BCUT2D eigenvalue weighted by molar-refractivity contribution is -0.127. The molecule has 2 aromatic rings. The van der Waals surface area contributed by atoms with E-state index in [1.807, 2.05) is 13.8 Å². The number of ether oxygens (including phenoxy) is 1. The Balaban J connectivity index is 2.02. The van der Waals surface area contributed by atoms with Crippen molar-refractivity contribution < 1.29 is 17.9 Å². The highest BCUT2D eigenvalue weighted by Gasteiger charge is 2.37. The minimum absolute atomic E-state index is 0.126. The summed E-state index contributed by atoms with van der Waals surface area (Å²) >= 11 is 6.07. The number of sulfonamides is 1. The molecule has 0 aromatic heterocycles. The molecule has 0 unspecified atom stereocenters. The first-order valence-electron chi connectivity index (χ1n) is 8.66. The number of halogens is 1. The van der Waals surface area contributed by atoms with Gasteiger partial charge in [0.2, 0.25) is 0 Å². The Hall–Kier alpha value is -2.25. The van der Waals surface area contributed by atoms with Gasteiger partial charge in [0.05, 0.1) is 17.1 Å². The molecule has 0 aliphatic carbocycles. The standard InChI is InChI=1S/C19H21ClN2O4S/c1-3-10-21-19(23)18-12-22(16-11-14(20)6-9-17(16)26-18)27(24,25)15-7-4-13(2)5-8-15/h4-9,11,18H,3,10,12H2,1-2H3,(H,21,23)/t18-/m0/s1. The third kappa shape index (κ3) is 4.04. The second kappa shape index (κ2) is 7.78. The van der Waals surface area contributed by atoms with Gasteiger partial charge in [-0.1, -0.05) is 36.2 Å². The van der Waals surface area contributed by atoms with Gasteiger partial charge in [-0.05, 0) is 43.7 Å². The Kier molecular flexibility index (Phi) is 5.62. The highest BCUT2D eigenvalue weighted by Crippen LogP contribution is 2.38. The molecule has 0 fully saturated rings. The zero-order valence-corrected chi connectivity index (χ0v) is 16.7. The molecule has 2 aromatic carbocycles. The molecule has 0 radical (unpaired) electrons. The van der Waals surface area contributed by atoms with Crippen LogP contribution in [0.4, 0.5) is 5.69 Å². The number of hydrogen-bond acceptors (Lipinski definition) is 4. The van der Waals surface area contributed by atoms with Crippen LogP contribution in [0.25, 0.3) is 0 Å². The van der Waals surface area contributed by atoms with Crippen molar-refractivity contribution in [2.75, 3.05) is 17.4 Å². The molecular formula is C19H21ClN2O4S. The number of benzene rings is 2. The van der Waals surface area contributed by atoms with E-state index >= 15 is 0 Å². The Labute approximate surface area is 164 Å². The van der Waals surface area contributed by atoms with Crippen molar-refractivity contribution >= 4 is 33.2 Å². The predicted molar refractivity (Wildman–Crippen MR) is 105 cm³/mol. The van der Waals surface area contributed by atoms with Crippen LogP contribution in [0.2, 0.25) is 5.02 Å². The molecule has 1 aliphatic rings. The second-order valence-corrected chi connectivity index (χ2v) is 8.66. The minimum atomic E-state index is -3.88. The Morgan fingerprint density at radius 3 is 2.63 bits per heavy atom. The van der Waals surface area contributed by atoms with Crippen LogP contribution in [0.15, 0.2) is 47.4 Å². The molecule has 8 heteroatoms. The number of hydrogen-bond donors (Lipinski definition) is 1. The Bertz CT molecular complexity index is 945. The number of amides is 1. The minimum Gasteiger partial charge on any atom is -0.476 e. The van der Waals surface area contributed by atoms with Crippen molar-refractivity contribution in [3.05, 3.63) is 53.1 Å². The molecule has 0 bridgehead atoms. The fraction of sp³-hybridized carbons (Fsp3) is 0.316. The topological polar surface area (TPSA) is 75.7 Å². The molecule has 0 spiro atoms. The molecule has 6 nitrogen and oxygen atoms in total. The van der Waals surface area contributed by atoms with Crippen LogP contribution in [-0.2, 0) is 14.8 Å². The van der Waals surface area contributed by atoms with Gasteiger partial charge >= 0.3 is 0 Å². The lowest BCUT2D eigenvalue weighted by atomic mass is 10.2. The third-order valence-electron chi connectivity index (χ3n) is 4.24. The summed E-state index contributed by atoms with van der Waals surface area (Å²) in [5, 5.41) is 3.14. The zero-order valence-electron chi connectivity index (χ0n) is 15.1. The maximum Gasteiger partial charge on any atom is 0.264 e. The predicted octanol–water partition coefficient (Wildman–Crippen LogP) is 3.13. The maximum absolute atomic E-state index is 13.3. The fourth-order valence-corrected chi connectivity index (χ4v) is 4.42. The van der Waals surface area contributed by atoms with Crippen LogP contribution in [0, 0.1) is 6.92 Å². The summed E-state index contributed by atoms with van der Waals surface area (Å²) in [5.74, 6) is -0.0421. The van der Waals surface area contributed by atoms with Gasteiger partial charge in [0, 0.05) is 11.6 Å². The summed E-state index contributed by atoms with van der Waals surface area (Å²) in [7, 11) is -3.88. The number of rotatable bonds is 5. The Morgan fingerprint density at radius 2 is 1.96 bits per heavy atom. The quantitative estimate of drug-likeness (QED) is 0.824. The van der Waals surface area contributed by atoms with E-state index in [1.54, 1.807) is 36.4 Å². The summed E-state index contributed by atoms with van der Waals surface area (Å²) in [5.41, 5.74) is 1.28. The van der Waals surface area contributed by atoms with Crippen molar-refractivity contribution in [2.24, 2.45) is 0 Å². The average Bonchev–Trinajstić information content (AvgIpc) is 2.65. The van der Waals surface area contributed by atoms with Crippen LogP contribution in [0.1, 0.15) is 18.9 Å². The molecule has 1 N–H and O–H groups in total. The molecule has 27 heavy (non-hydrogen) atoms. The summed E-state index contributed by atoms with van der Waals surface area (Å²) in [4.78, 5) is 12.6. The van der Waals surface area contributed by atoms with Gasteiger partial charge in [-0.2, -0.15) is 0 Å². The molecule has 144 valence electrons. The average molecular weight is 409 g/mol. The molecule has 1 aliphatic heterocycles. The van der Waals surface area contributed by atoms with Gasteiger partial charge in [0.25, 0.3) is 15.9 Å². The Morgan fingerprint density at radius 1 is 1.26 bits per heavy atom. The number of anilines is 1. The van der Waals surface area contributed by atoms with E-state index < -0.39 is 16.1 Å². The summed E-state index contributed by atoms with van der Waals surface area (Å²) in [6.45, 7) is 4.19. The number of aryl methyl sites for hydroxylation is 1. The van der Waals surface area contributed by atoms with Gasteiger partial charge in [-0.15, -0.1) is 0 Å². The van der Waals surface area contributed by atoms with Crippen molar-refractivity contribution in [3.63, 3.8) is 0 Å². The van der Waals surface area contributed by atoms with E-state index in [0.29, 0.717) is 23.0 Å². The van der Waals surface area contributed by atoms with Crippen molar-refractivity contribution in [1.29, 1.82) is 0 Å². The van der Waals surface area contributed by atoms with E-state index in [4.69, 9.17) is 16.3 Å². The van der Waals surface area contributed by atoms with Gasteiger partial charge in [0.1, 0.15) is 5.75 Å². The van der Waals surface area contributed by atoms with Crippen LogP contribution >= 0.6 is 11.6 Å². The normalized spacial score (nSPS) is 16.4. The highest BCUT2D eigenvalue weighted by atomic mass is 35.5. The van der Waals surface area contributed by atoms with Gasteiger partial charge in [-0.3, -0.25) is 9.10 Å². The number of carbonyl (C=O) groups excluding carboxylic acids is 1. The molecule has 3 rings (SSSR count). The maximum atomic E-state index is 13.3. The van der Waals surface area contributed by atoms with Gasteiger partial charge in [0.15, 0.2) is 6.10 Å². The van der Waals surface area contributed by atoms with Crippen molar-refractivity contribution in [3.8, 4) is 5.75 Å². The smallest absolute Gasteiger partial charge is 0.264 e. The first-order chi connectivity index (χ1) is 12.8. The zero-order chi connectivity index (χ0) is 19.6. The molecular weight excluding hydrogens is 388 g/mol. The van der Waals surface area contributed by atoms with Gasteiger partial charge < -0.3 is 10.1 Å². The monoisotopic (exact) mass is 408 g/mol. The summed E-state index contributed by atoms with van der Waals surface area (Å²) in [6, 6.07) is 11.3. The van der Waals surface area contributed by atoms with Gasteiger partial charge in [-0.25, -0.2) is 8.42 Å². The molecule has 0 saturated heterocycles. The largest absolute Gasteiger partial charge is 0.476 e. The van der Waals surface area contributed by atoms with E-state index in [-0.39, 0.29) is 17.3 Å². The SMILES string of the molecule is CCCNC(=O)[C@@H]1CN(S(=O)(=O)c2ccc(C)cc2)c2cc(Cl)ccc2O1. The van der Waals surface area contributed by atoms with Crippen LogP contribution in [0.5, 0.6) is 5.75 Å². The first kappa shape index (κ1) is 19.5. The number of nitrogens with zero attached hydrogens (tertiary/aromatic N) is 1. The second-order valence-electron chi connectivity index (χ2n) is 6.36. The number of nitrogens with one attached hydrogen (secondary N) is 1. The molecule has 1 atom stereocenters. The van der Waals surface area contributed by atoms with E-state index in [9.17, 15) is 13.2 Å². The number of fused-ring (bicyclic) bond motifs is 1. The highest BCUT2D eigenvalue weighted by molar-refractivity contribution is 7.92. The lowest BCUT2D eigenvalue weighted by Gasteiger charge is -2.34. The van der Waals surface area contributed by atoms with Crippen LogP contribution in [-0.4, -0.2) is 33.5 Å². The third-order valence-corrected chi connectivity index (χ3v) is 6.27. The lowest BCUT2D eigenvalue weighted by Crippen LogP contribution is -2.50. The van der Waals surface area contributed by atoms with E-state index in [0.717, 1.165) is 12.0 Å². The molecule has 0 saturated carbocycles. The van der Waals surface area contributed by atoms with Crippen molar-refractivity contribution in [2.45, 2.75) is 31.3 Å². The van der Waals surface area contributed by atoms with Crippen molar-refractivity contribution in [1.82, 2.24) is 5.32 Å². The fourth-order valence-electron chi connectivity index (χ4n) is 2.79. The number of carbonyl (C=O) groups is 1. The van der Waals surface area contributed by atoms with Crippen LogP contribution < -0.4 is 14.4 Å². The summed E-state index contributed by atoms with van der Waals surface area (Å²) < 4.78 is 33.4. The van der Waals surface area contributed by atoms with E-state index in [2.05, 4.69) is 5.32 Å². The summed E-state index contributed by atoms with van der Waals surface area (Å²) in [6.07, 6.45) is -0.166. The first-order valence-corrected chi connectivity index (χ1v) is 10.5. The molecule has 1 heterocycles.